The Hall–Kier alpha value is 0.310. The molecular formula is C6H14NO2P. The van der Waals surface area contributed by atoms with Gasteiger partial charge in [0, 0.05) is 19.8 Å². The molecule has 0 N–H and O–H groups in total. The van der Waals surface area contributed by atoms with E-state index in [4.69, 9.17) is 9.05 Å². The first kappa shape index (κ1) is 8.41. The summed E-state index contributed by atoms with van der Waals surface area (Å²) in [5, 5.41) is 0. The van der Waals surface area contributed by atoms with Crippen LogP contribution < -0.4 is 0 Å². The molecule has 1 heterocycles. The van der Waals surface area contributed by atoms with Crippen LogP contribution in [-0.4, -0.2) is 44.9 Å². The zero-order valence-electron chi connectivity index (χ0n) is 6.54. The van der Waals surface area contributed by atoms with Gasteiger partial charge in [-0.15, -0.1) is 0 Å². The molecule has 0 aliphatic carbocycles. The smallest absolute Gasteiger partial charge is 0.167 e. The minimum atomic E-state index is -0.581. The van der Waals surface area contributed by atoms with Gasteiger partial charge in [0.1, 0.15) is 0 Å². The van der Waals surface area contributed by atoms with Gasteiger partial charge in [-0.05, 0) is 7.05 Å². The lowest BCUT2D eigenvalue weighted by atomic mass is 10.5. The Morgan fingerprint density at radius 2 is 1.70 bits per heavy atom. The molecule has 10 heavy (non-hydrogen) atoms. The van der Waals surface area contributed by atoms with Crippen molar-refractivity contribution >= 4 is 8.38 Å². The first-order valence-electron chi connectivity index (χ1n) is 3.47. The molecule has 3 nitrogen and oxygen atoms in total. The van der Waals surface area contributed by atoms with Gasteiger partial charge in [0.15, 0.2) is 8.38 Å². The number of rotatable bonds is 0. The molecule has 1 saturated heterocycles. The Balaban J connectivity index is 2.21. The lowest BCUT2D eigenvalue weighted by Gasteiger charge is -2.22. The van der Waals surface area contributed by atoms with Crippen molar-refractivity contribution in [3.05, 3.63) is 0 Å². The molecule has 0 saturated carbocycles. The van der Waals surface area contributed by atoms with E-state index in [-0.39, 0.29) is 0 Å². The molecule has 0 radical (unpaired) electrons. The fourth-order valence-electron chi connectivity index (χ4n) is 0.800. The van der Waals surface area contributed by atoms with Gasteiger partial charge in [-0.3, -0.25) is 0 Å². The third-order valence-corrected chi connectivity index (χ3v) is 2.58. The number of hydrogen-bond acceptors (Lipinski definition) is 3. The second-order valence-electron chi connectivity index (χ2n) is 2.41. The molecule has 0 aromatic heterocycles. The number of nitrogens with zero attached hydrogens (tertiary/aromatic N) is 1. The summed E-state index contributed by atoms with van der Waals surface area (Å²) < 4.78 is 10.7. The van der Waals surface area contributed by atoms with Crippen LogP contribution in [0.25, 0.3) is 0 Å². The van der Waals surface area contributed by atoms with Gasteiger partial charge in [-0.2, -0.15) is 0 Å². The van der Waals surface area contributed by atoms with Crippen LogP contribution in [0.2, 0.25) is 0 Å². The second kappa shape index (κ2) is 4.24. The molecule has 0 bridgehead atoms. The molecule has 1 aliphatic heterocycles. The first-order chi connectivity index (χ1) is 4.79. The van der Waals surface area contributed by atoms with Crippen molar-refractivity contribution in [3.8, 4) is 0 Å². The predicted octanol–water partition coefficient (Wildman–Crippen LogP) is 0.907. The van der Waals surface area contributed by atoms with E-state index in [1.807, 2.05) is 6.66 Å². The Bertz CT molecular complexity index is 81.7. The van der Waals surface area contributed by atoms with Crippen LogP contribution in [-0.2, 0) is 9.05 Å². The van der Waals surface area contributed by atoms with Crippen LogP contribution in [0.4, 0.5) is 0 Å². The average molecular weight is 163 g/mol. The molecule has 0 spiro atoms. The minimum Gasteiger partial charge on any atom is -0.333 e. The monoisotopic (exact) mass is 163 g/mol. The predicted molar refractivity (Wildman–Crippen MR) is 42.2 cm³/mol. The Morgan fingerprint density at radius 3 is 2.20 bits per heavy atom. The van der Waals surface area contributed by atoms with Crippen LogP contribution in [0, 0.1) is 0 Å². The van der Waals surface area contributed by atoms with Crippen LogP contribution in [0.1, 0.15) is 0 Å². The summed E-state index contributed by atoms with van der Waals surface area (Å²) in [6.07, 6.45) is 0. The van der Waals surface area contributed by atoms with Crippen molar-refractivity contribution in [3.63, 3.8) is 0 Å². The van der Waals surface area contributed by atoms with Gasteiger partial charge in [-0.1, -0.05) is 0 Å². The normalized spacial score (nSPS) is 25.8. The fourth-order valence-corrected chi connectivity index (χ4v) is 1.55. The number of hydrogen-bond donors (Lipinski definition) is 0. The standard InChI is InChI=1S/C6H14NO2P/c1-7-3-5-8-10(2)9-6-4-7/h3-6H2,1-2H3. The highest BCUT2D eigenvalue weighted by molar-refractivity contribution is 7.46. The van der Waals surface area contributed by atoms with Gasteiger partial charge < -0.3 is 13.9 Å². The lowest BCUT2D eigenvalue weighted by Crippen LogP contribution is -2.28. The van der Waals surface area contributed by atoms with E-state index in [1.54, 1.807) is 0 Å². The molecule has 0 aromatic rings. The Morgan fingerprint density at radius 1 is 1.20 bits per heavy atom. The molecule has 0 aromatic carbocycles. The van der Waals surface area contributed by atoms with Crippen molar-refractivity contribution in [2.45, 2.75) is 0 Å². The van der Waals surface area contributed by atoms with E-state index >= 15 is 0 Å². The summed E-state index contributed by atoms with van der Waals surface area (Å²) in [6.45, 7) is 5.66. The largest absolute Gasteiger partial charge is 0.333 e. The molecular weight excluding hydrogens is 149 g/mol. The minimum absolute atomic E-state index is 0.581. The molecule has 0 atom stereocenters. The molecule has 0 unspecified atom stereocenters. The highest BCUT2D eigenvalue weighted by Gasteiger charge is 2.08. The molecule has 1 aliphatic rings. The van der Waals surface area contributed by atoms with Crippen LogP contribution in [0.3, 0.4) is 0 Å². The molecule has 1 fully saturated rings. The van der Waals surface area contributed by atoms with Crippen molar-refractivity contribution < 1.29 is 9.05 Å². The quantitative estimate of drug-likeness (QED) is 0.495. The first-order valence-corrected chi connectivity index (χ1v) is 5.09. The summed E-state index contributed by atoms with van der Waals surface area (Å²) in [4.78, 5) is 2.21. The van der Waals surface area contributed by atoms with E-state index < -0.39 is 8.38 Å². The van der Waals surface area contributed by atoms with Gasteiger partial charge in [0.2, 0.25) is 0 Å². The molecule has 0 amide bonds. The zero-order valence-corrected chi connectivity index (χ0v) is 7.43. The molecule has 4 heteroatoms. The van der Waals surface area contributed by atoms with E-state index in [9.17, 15) is 0 Å². The zero-order chi connectivity index (χ0) is 7.40. The van der Waals surface area contributed by atoms with Gasteiger partial charge in [-0.25, -0.2) is 0 Å². The van der Waals surface area contributed by atoms with E-state index in [1.165, 1.54) is 0 Å². The van der Waals surface area contributed by atoms with Gasteiger partial charge in [0.25, 0.3) is 0 Å². The molecule has 1 rings (SSSR count). The third kappa shape index (κ3) is 2.93. The van der Waals surface area contributed by atoms with Crippen molar-refractivity contribution in [2.24, 2.45) is 0 Å². The van der Waals surface area contributed by atoms with E-state index in [0.717, 1.165) is 26.3 Å². The topological polar surface area (TPSA) is 21.7 Å². The Kier molecular flexibility index (Phi) is 3.57. The van der Waals surface area contributed by atoms with Crippen LogP contribution >= 0.6 is 8.38 Å². The van der Waals surface area contributed by atoms with E-state index in [2.05, 4.69) is 11.9 Å². The van der Waals surface area contributed by atoms with Crippen LogP contribution in [0.15, 0.2) is 0 Å². The van der Waals surface area contributed by atoms with Gasteiger partial charge in [0.05, 0.1) is 13.2 Å². The lowest BCUT2D eigenvalue weighted by molar-refractivity contribution is 0.161. The SMILES string of the molecule is CN1CCOP(C)OCC1. The maximum atomic E-state index is 5.35. The highest BCUT2D eigenvalue weighted by atomic mass is 31.2. The summed E-state index contributed by atoms with van der Waals surface area (Å²) in [7, 11) is 1.50. The third-order valence-electron chi connectivity index (χ3n) is 1.49. The summed E-state index contributed by atoms with van der Waals surface area (Å²) >= 11 is 0. The molecule has 60 valence electrons. The fraction of sp³-hybridized carbons (Fsp3) is 1.00. The van der Waals surface area contributed by atoms with Crippen LogP contribution in [0.5, 0.6) is 0 Å². The van der Waals surface area contributed by atoms with Gasteiger partial charge >= 0.3 is 0 Å². The maximum Gasteiger partial charge on any atom is 0.167 e. The maximum absolute atomic E-state index is 5.35. The highest BCUT2D eigenvalue weighted by Crippen LogP contribution is 2.33. The van der Waals surface area contributed by atoms with E-state index in [0.29, 0.717) is 0 Å². The summed E-state index contributed by atoms with van der Waals surface area (Å²) in [5.74, 6) is 0. The average Bonchev–Trinajstić information content (AvgIpc) is 1.84. The summed E-state index contributed by atoms with van der Waals surface area (Å²) in [5.41, 5.74) is 0. The van der Waals surface area contributed by atoms with Crippen molar-refractivity contribution in [1.29, 1.82) is 0 Å². The second-order valence-corrected chi connectivity index (χ2v) is 3.81. The number of likely N-dealkylation sites (N-methyl/N-ethyl adjacent to an activating group) is 1. The van der Waals surface area contributed by atoms with Crippen molar-refractivity contribution in [2.75, 3.05) is 40.0 Å². The Labute approximate surface area is 63.2 Å². The van der Waals surface area contributed by atoms with Crippen molar-refractivity contribution in [1.82, 2.24) is 4.90 Å². The summed E-state index contributed by atoms with van der Waals surface area (Å²) in [6, 6.07) is 0.